The molecule has 2 nitrogen and oxygen atoms in total. The first-order valence-corrected chi connectivity index (χ1v) is 5.08. The summed E-state index contributed by atoms with van der Waals surface area (Å²) in [4.78, 5) is 13.5. The minimum Gasteiger partial charge on any atom is -0.336 e. The molecule has 0 atom stereocenters. The van der Waals surface area contributed by atoms with E-state index in [0.717, 1.165) is 12.5 Å². The fraction of sp³-hybridized carbons (Fsp3) is 0.727. The topological polar surface area (TPSA) is 20.3 Å². The number of nitrogens with zero attached hydrogens (tertiary/aromatic N) is 1. The molecule has 0 aromatic rings. The molecule has 0 bridgehead atoms. The number of carbonyl (C=O) groups excluding carboxylic acids is 1. The third-order valence-electron chi connectivity index (χ3n) is 2.37. The molecule has 1 aliphatic rings. The molecule has 1 saturated carbocycles. The number of hydrogen-bond acceptors (Lipinski definition) is 1. The molecule has 0 spiro atoms. The van der Waals surface area contributed by atoms with E-state index in [4.69, 9.17) is 0 Å². The summed E-state index contributed by atoms with van der Waals surface area (Å²) in [5.74, 6) is 0.931. The summed E-state index contributed by atoms with van der Waals surface area (Å²) in [6, 6.07) is 0.323. The van der Waals surface area contributed by atoms with Gasteiger partial charge in [-0.15, -0.1) is 0 Å². The first kappa shape index (κ1) is 10.3. The minimum atomic E-state index is 0.157. The number of hydrogen-bond donors (Lipinski definition) is 0. The lowest BCUT2D eigenvalue weighted by atomic mass is 10.2. The summed E-state index contributed by atoms with van der Waals surface area (Å²) in [7, 11) is 0. The number of carbonyl (C=O) groups is 1. The van der Waals surface area contributed by atoms with Gasteiger partial charge in [0, 0.05) is 12.6 Å². The normalized spacial score (nSPS) is 16.9. The van der Waals surface area contributed by atoms with Crippen molar-refractivity contribution in [2.24, 2.45) is 5.92 Å². The van der Waals surface area contributed by atoms with E-state index in [9.17, 15) is 4.79 Å². The molecule has 0 heterocycles. The molecule has 1 fully saturated rings. The summed E-state index contributed by atoms with van der Waals surface area (Å²) >= 11 is 0. The SMILES string of the molecule is CC=CC(=O)N(CC1CC1)C(C)C. The van der Waals surface area contributed by atoms with Crippen molar-refractivity contribution in [3.63, 3.8) is 0 Å². The monoisotopic (exact) mass is 181 g/mol. The van der Waals surface area contributed by atoms with E-state index < -0.39 is 0 Å². The van der Waals surface area contributed by atoms with E-state index in [-0.39, 0.29) is 5.91 Å². The van der Waals surface area contributed by atoms with Crippen molar-refractivity contribution in [3.8, 4) is 0 Å². The van der Waals surface area contributed by atoms with Gasteiger partial charge in [0.2, 0.25) is 5.91 Å². The summed E-state index contributed by atoms with van der Waals surface area (Å²) in [6.07, 6.45) is 6.06. The van der Waals surface area contributed by atoms with Crippen molar-refractivity contribution in [1.82, 2.24) is 4.90 Å². The fourth-order valence-electron chi connectivity index (χ4n) is 1.37. The van der Waals surface area contributed by atoms with Crippen LogP contribution in [0, 0.1) is 5.92 Å². The van der Waals surface area contributed by atoms with Gasteiger partial charge < -0.3 is 4.90 Å². The van der Waals surface area contributed by atoms with Crippen molar-refractivity contribution < 1.29 is 4.79 Å². The van der Waals surface area contributed by atoms with Gasteiger partial charge in [-0.25, -0.2) is 0 Å². The Balaban J connectivity index is 2.49. The lowest BCUT2D eigenvalue weighted by Gasteiger charge is -2.25. The summed E-state index contributed by atoms with van der Waals surface area (Å²) < 4.78 is 0. The Morgan fingerprint density at radius 2 is 2.15 bits per heavy atom. The van der Waals surface area contributed by atoms with Crippen LogP contribution in [-0.2, 0) is 4.79 Å². The molecule has 74 valence electrons. The highest BCUT2D eigenvalue weighted by Gasteiger charge is 2.26. The van der Waals surface area contributed by atoms with E-state index in [1.165, 1.54) is 12.8 Å². The quantitative estimate of drug-likeness (QED) is 0.609. The Bertz CT molecular complexity index is 204. The highest BCUT2D eigenvalue weighted by molar-refractivity contribution is 5.87. The Kier molecular flexibility index (Phi) is 3.52. The van der Waals surface area contributed by atoms with Gasteiger partial charge in [0.15, 0.2) is 0 Å². The second-order valence-corrected chi connectivity index (χ2v) is 4.03. The predicted molar refractivity (Wildman–Crippen MR) is 54.4 cm³/mol. The first-order chi connectivity index (χ1) is 6.15. The molecule has 0 aromatic heterocycles. The van der Waals surface area contributed by atoms with Crippen LogP contribution in [-0.4, -0.2) is 23.4 Å². The van der Waals surface area contributed by atoms with Crippen LogP contribution in [0.2, 0.25) is 0 Å². The number of rotatable bonds is 4. The molecular formula is C11H19NO. The standard InChI is InChI=1S/C11H19NO/c1-4-5-11(13)12(9(2)3)8-10-6-7-10/h4-5,9-10H,6-8H2,1-3H3. The third-order valence-corrected chi connectivity index (χ3v) is 2.37. The lowest BCUT2D eigenvalue weighted by Crippen LogP contribution is -2.37. The van der Waals surface area contributed by atoms with Gasteiger partial charge in [-0.2, -0.15) is 0 Å². The maximum absolute atomic E-state index is 11.6. The molecule has 1 aliphatic carbocycles. The molecule has 0 radical (unpaired) electrons. The Labute approximate surface area is 80.6 Å². The van der Waals surface area contributed by atoms with E-state index in [1.807, 2.05) is 17.9 Å². The molecule has 2 heteroatoms. The molecule has 1 rings (SSSR count). The molecular weight excluding hydrogens is 162 g/mol. The van der Waals surface area contributed by atoms with Crippen LogP contribution < -0.4 is 0 Å². The predicted octanol–water partition coefficient (Wildman–Crippen LogP) is 2.21. The van der Waals surface area contributed by atoms with Gasteiger partial charge in [0.1, 0.15) is 0 Å². The van der Waals surface area contributed by atoms with Crippen LogP contribution in [0.4, 0.5) is 0 Å². The van der Waals surface area contributed by atoms with Crippen LogP contribution in [0.15, 0.2) is 12.2 Å². The van der Waals surface area contributed by atoms with E-state index in [0.29, 0.717) is 6.04 Å². The highest BCUT2D eigenvalue weighted by atomic mass is 16.2. The zero-order valence-electron chi connectivity index (χ0n) is 8.79. The second-order valence-electron chi connectivity index (χ2n) is 4.03. The molecule has 0 saturated heterocycles. The van der Waals surface area contributed by atoms with E-state index in [2.05, 4.69) is 13.8 Å². The van der Waals surface area contributed by atoms with Crippen LogP contribution in [0.5, 0.6) is 0 Å². The van der Waals surface area contributed by atoms with Crippen LogP contribution in [0.3, 0.4) is 0 Å². The Morgan fingerprint density at radius 1 is 1.54 bits per heavy atom. The fourth-order valence-corrected chi connectivity index (χ4v) is 1.37. The summed E-state index contributed by atoms with van der Waals surface area (Å²) in [5, 5.41) is 0. The van der Waals surface area contributed by atoms with Crippen molar-refractivity contribution in [2.75, 3.05) is 6.54 Å². The van der Waals surface area contributed by atoms with E-state index in [1.54, 1.807) is 6.08 Å². The summed E-state index contributed by atoms with van der Waals surface area (Å²) in [6.45, 7) is 6.97. The third kappa shape index (κ3) is 3.21. The van der Waals surface area contributed by atoms with Gasteiger partial charge in [0.25, 0.3) is 0 Å². The van der Waals surface area contributed by atoms with Gasteiger partial charge in [0.05, 0.1) is 0 Å². The maximum Gasteiger partial charge on any atom is 0.246 e. The van der Waals surface area contributed by atoms with Crippen LogP contribution >= 0.6 is 0 Å². The van der Waals surface area contributed by atoms with Crippen LogP contribution in [0.25, 0.3) is 0 Å². The summed E-state index contributed by atoms with van der Waals surface area (Å²) in [5.41, 5.74) is 0. The smallest absolute Gasteiger partial charge is 0.246 e. The Hall–Kier alpha value is -0.790. The zero-order valence-corrected chi connectivity index (χ0v) is 8.79. The van der Waals surface area contributed by atoms with Crippen molar-refractivity contribution in [1.29, 1.82) is 0 Å². The second kappa shape index (κ2) is 4.45. The van der Waals surface area contributed by atoms with Crippen molar-refractivity contribution >= 4 is 5.91 Å². The average Bonchev–Trinajstić information content (AvgIpc) is 2.83. The molecule has 0 unspecified atom stereocenters. The van der Waals surface area contributed by atoms with E-state index >= 15 is 0 Å². The molecule has 0 aromatic carbocycles. The zero-order chi connectivity index (χ0) is 9.84. The minimum absolute atomic E-state index is 0.157. The van der Waals surface area contributed by atoms with Gasteiger partial charge in [-0.1, -0.05) is 6.08 Å². The maximum atomic E-state index is 11.6. The largest absolute Gasteiger partial charge is 0.336 e. The van der Waals surface area contributed by atoms with Gasteiger partial charge >= 0.3 is 0 Å². The van der Waals surface area contributed by atoms with Gasteiger partial charge in [-0.05, 0) is 45.6 Å². The van der Waals surface area contributed by atoms with Crippen LogP contribution in [0.1, 0.15) is 33.6 Å². The molecule has 0 N–H and O–H groups in total. The Morgan fingerprint density at radius 3 is 2.54 bits per heavy atom. The average molecular weight is 181 g/mol. The molecule has 1 amide bonds. The highest BCUT2D eigenvalue weighted by Crippen LogP contribution is 2.30. The lowest BCUT2D eigenvalue weighted by molar-refractivity contribution is -0.127. The van der Waals surface area contributed by atoms with Crippen molar-refractivity contribution in [2.45, 2.75) is 39.7 Å². The van der Waals surface area contributed by atoms with Crippen molar-refractivity contribution in [3.05, 3.63) is 12.2 Å². The van der Waals surface area contributed by atoms with Gasteiger partial charge in [-0.3, -0.25) is 4.79 Å². The first-order valence-electron chi connectivity index (χ1n) is 5.08. The molecule has 13 heavy (non-hydrogen) atoms. The number of allylic oxidation sites excluding steroid dienone is 1. The number of amides is 1. The molecule has 0 aliphatic heterocycles.